The second kappa shape index (κ2) is 9.12. The molecule has 1 fully saturated rings. The number of terminal acetylenes is 1. The summed E-state index contributed by atoms with van der Waals surface area (Å²) in [7, 11) is 0. The van der Waals surface area contributed by atoms with Crippen LogP contribution in [0.1, 0.15) is 38.5 Å². The highest BCUT2D eigenvalue weighted by atomic mass is 32.2. The summed E-state index contributed by atoms with van der Waals surface area (Å²) in [6.07, 6.45) is 13.8. The van der Waals surface area contributed by atoms with Crippen LogP contribution in [0.3, 0.4) is 0 Å². The minimum atomic E-state index is 0.852. The fraction of sp³-hybridized carbons (Fsp3) is 0.846. The van der Waals surface area contributed by atoms with Crippen LogP contribution in [0.25, 0.3) is 0 Å². The van der Waals surface area contributed by atoms with Gasteiger partial charge in [-0.2, -0.15) is 0 Å². The van der Waals surface area contributed by atoms with Crippen molar-refractivity contribution in [2.24, 2.45) is 5.92 Å². The Balaban J connectivity index is 1.92. The van der Waals surface area contributed by atoms with E-state index in [1.54, 1.807) is 0 Å². The third kappa shape index (κ3) is 6.87. The Morgan fingerprint density at radius 3 is 2.60 bits per heavy atom. The number of nitrogens with one attached hydrogen (secondary N) is 1. The van der Waals surface area contributed by atoms with E-state index in [4.69, 9.17) is 6.42 Å². The fourth-order valence-corrected chi connectivity index (χ4v) is 2.70. The number of rotatable bonds is 6. The molecule has 0 aromatic carbocycles. The third-order valence-electron chi connectivity index (χ3n) is 3.02. The van der Waals surface area contributed by atoms with E-state index in [0.717, 1.165) is 24.0 Å². The molecule has 0 aromatic heterocycles. The molecule has 0 atom stereocenters. The summed E-state index contributed by atoms with van der Waals surface area (Å²) in [4.78, 5) is 0. The van der Waals surface area contributed by atoms with E-state index in [1.165, 1.54) is 45.1 Å². The predicted octanol–water partition coefficient (Wildman–Crippen LogP) is 2.91. The van der Waals surface area contributed by atoms with Crippen molar-refractivity contribution in [3.8, 4) is 12.3 Å². The fourth-order valence-electron chi connectivity index (χ4n) is 2.15. The lowest BCUT2D eigenvalue weighted by Crippen LogP contribution is -2.24. The molecule has 86 valence electrons. The van der Waals surface area contributed by atoms with Gasteiger partial charge >= 0.3 is 0 Å². The van der Waals surface area contributed by atoms with E-state index in [0.29, 0.717) is 0 Å². The van der Waals surface area contributed by atoms with Crippen molar-refractivity contribution in [2.45, 2.75) is 38.5 Å². The lowest BCUT2D eigenvalue weighted by Gasteiger charge is -2.14. The molecule has 0 radical (unpaired) electrons. The van der Waals surface area contributed by atoms with E-state index in [2.05, 4.69) is 11.2 Å². The lowest BCUT2D eigenvalue weighted by atomic mass is 10.0. The first-order valence-corrected chi connectivity index (χ1v) is 7.31. The highest BCUT2D eigenvalue weighted by Crippen LogP contribution is 2.21. The van der Waals surface area contributed by atoms with Crippen LogP contribution in [-0.2, 0) is 0 Å². The molecular weight excluding hydrogens is 202 g/mol. The Morgan fingerprint density at radius 2 is 1.93 bits per heavy atom. The van der Waals surface area contributed by atoms with Gasteiger partial charge in [-0.15, -0.1) is 18.2 Å². The average molecular weight is 225 g/mol. The molecule has 1 aliphatic rings. The van der Waals surface area contributed by atoms with E-state index in [-0.39, 0.29) is 0 Å². The molecule has 0 aromatic rings. The van der Waals surface area contributed by atoms with Gasteiger partial charge in [-0.05, 0) is 25.3 Å². The smallest absolute Gasteiger partial charge is 0.0545 e. The van der Waals surface area contributed by atoms with Crippen molar-refractivity contribution in [1.29, 1.82) is 0 Å². The quantitative estimate of drug-likeness (QED) is 0.424. The molecule has 0 bridgehead atoms. The highest BCUT2D eigenvalue weighted by Gasteiger charge is 2.10. The summed E-state index contributed by atoms with van der Waals surface area (Å²) < 4.78 is 0. The molecule has 0 aliphatic heterocycles. The SMILES string of the molecule is C#CCSCCNCC1CCCCCC1. The minimum Gasteiger partial charge on any atom is -0.316 e. The van der Waals surface area contributed by atoms with Gasteiger partial charge in [-0.1, -0.05) is 31.6 Å². The Bertz CT molecular complexity index is 177. The Hall–Kier alpha value is -0.130. The van der Waals surface area contributed by atoms with Crippen LogP contribution >= 0.6 is 11.8 Å². The van der Waals surface area contributed by atoms with Gasteiger partial charge in [0.15, 0.2) is 0 Å². The molecule has 0 saturated heterocycles. The zero-order valence-corrected chi connectivity index (χ0v) is 10.5. The zero-order valence-electron chi connectivity index (χ0n) is 9.63. The topological polar surface area (TPSA) is 12.0 Å². The van der Waals surface area contributed by atoms with E-state index in [9.17, 15) is 0 Å². The first kappa shape index (κ1) is 12.9. The Kier molecular flexibility index (Phi) is 7.87. The monoisotopic (exact) mass is 225 g/mol. The van der Waals surface area contributed by atoms with Crippen molar-refractivity contribution in [3.63, 3.8) is 0 Å². The van der Waals surface area contributed by atoms with Crippen LogP contribution in [0, 0.1) is 18.3 Å². The van der Waals surface area contributed by atoms with Crippen molar-refractivity contribution in [3.05, 3.63) is 0 Å². The van der Waals surface area contributed by atoms with Gasteiger partial charge in [-0.3, -0.25) is 0 Å². The Morgan fingerprint density at radius 1 is 1.20 bits per heavy atom. The second-order valence-corrected chi connectivity index (χ2v) is 5.42. The van der Waals surface area contributed by atoms with Crippen molar-refractivity contribution < 1.29 is 0 Å². The minimum absolute atomic E-state index is 0.852. The van der Waals surface area contributed by atoms with Crippen LogP contribution in [-0.4, -0.2) is 24.6 Å². The molecule has 0 heterocycles. The van der Waals surface area contributed by atoms with Crippen LogP contribution < -0.4 is 5.32 Å². The maximum Gasteiger partial charge on any atom is 0.0545 e. The van der Waals surface area contributed by atoms with Gasteiger partial charge in [0, 0.05) is 12.3 Å². The van der Waals surface area contributed by atoms with Crippen LogP contribution in [0.15, 0.2) is 0 Å². The molecule has 0 spiro atoms. The second-order valence-electron chi connectivity index (χ2n) is 4.32. The molecular formula is C13H23NS. The van der Waals surface area contributed by atoms with E-state index >= 15 is 0 Å². The largest absolute Gasteiger partial charge is 0.316 e. The van der Waals surface area contributed by atoms with E-state index < -0.39 is 0 Å². The van der Waals surface area contributed by atoms with Crippen LogP contribution in [0.4, 0.5) is 0 Å². The Labute approximate surface area is 98.8 Å². The van der Waals surface area contributed by atoms with Gasteiger partial charge in [0.1, 0.15) is 0 Å². The predicted molar refractivity (Wildman–Crippen MR) is 70.2 cm³/mol. The van der Waals surface area contributed by atoms with Crippen LogP contribution in [0.2, 0.25) is 0 Å². The molecule has 15 heavy (non-hydrogen) atoms. The van der Waals surface area contributed by atoms with Gasteiger partial charge in [0.2, 0.25) is 0 Å². The van der Waals surface area contributed by atoms with Crippen molar-refractivity contribution >= 4 is 11.8 Å². The number of hydrogen-bond donors (Lipinski definition) is 1. The summed E-state index contributed by atoms with van der Waals surface area (Å²) in [6.45, 7) is 2.33. The molecule has 1 aliphatic carbocycles. The lowest BCUT2D eigenvalue weighted by molar-refractivity contribution is 0.431. The number of thioether (sulfide) groups is 1. The first-order valence-electron chi connectivity index (χ1n) is 6.15. The molecule has 0 amide bonds. The summed E-state index contributed by atoms with van der Waals surface area (Å²) in [6, 6.07) is 0. The summed E-state index contributed by atoms with van der Waals surface area (Å²) in [5.74, 6) is 5.59. The highest BCUT2D eigenvalue weighted by molar-refractivity contribution is 7.99. The molecule has 1 nitrogen and oxygen atoms in total. The normalized spacial score (nSPS) is 18.3. The van der Waals surface area contributed by atoms with Crippen molar-refractivity contribution in [2.75, 3.05) is 24.6 Å². The number of hydrogen-bond acceptors (Lipinski definition) is 2. The third-order valence-corrected chi connectivity index (χ3v) is 3.88. The summed E-state index contributed by atoms with van der Waals surface area (Å²) in [5.41, 5.74) is 0. The van der Waals surface area contributed by atoms with Gasteiger partial charge in [0.25, 0.3) is 0 Å². The van der Waals surface area contributed by atoms with Gasteiger partial charge in [0.05, 0.1) is 5.75 Å². The van der Waals surface area contributed by atoms with Crippen LogP contribution in [0.5, 0.6) is 0 Å². The maximum absolute atomic E-state index is 5.19. The molecule has 1 rings (SSSR count). The average Bonchev–Trinajstić information content (AvgIpc) is 2.52. The van der Waals surface area contributed by atoms with Gasteiger partial charge < -0.3 is 5.32 Å². The zero-order chi connectivity index (χ0) is 10.8. The van der Waals surface area contributed by atoms with E-state index in [1.807, 2.05) is 11.8 Å². The first-order chi connectivity index (χ1) is 7.43. The molecule has 2 heteroatoms. The maximum atomic E-state index is 5.19. The summed E-state index contributed by atoms with van der Waals surface area (Å²) in [5, 5.41) is 3.55. The molecule has 0 unspecified atom stereocenters. The standard InChI is InChI=1S/C13H23NS/c1-2-10-15-11-9-14-12-13-7-5-3-4-6-8-13/h1,13-14H,3-12H2. The van der Waals surface area contributed by atoms with Gasteiger partial charge in [-0.25, -0.2) is 0 Å². The van der Waals surface area contributed by atoms with Crippen molar-refractivity contribution in [1.82, 2.24) is 5.32 Å². The molecule has 1 N–H and O–H groups in total. The molecule has 1 saturated carbocycles. The summed E-state index contributed by atoms with van der Waals surface area (Å²) >= 11 is 1.85.